The Morgan fingerprint density at radius 3 is 2.92 bits per heavy atom. The largest absolute Gasteiger partial charge is 0.419 e. The highest BCUT2D eigenvalue weighted by molar-refractivity contribution is 5.94. The Kier molecular flexibility index (Phi) is 3.92. The van der Waals surface area contributed by atoms with Crippen molar-refractivity contribution < 1.29 is 9.21 Å². The first-order chi connectivity index (χ1) is 12.1. The van der Waals surface area contributed by atoms with Gasteiger partial charge in [-0.1, -0.05) is 24.3 Å². The van der Waals surface area contributed by atoms with Crippen LogP contribution in [0.5, 0.6) is 0 Å². The number of aromatic nitrogens is 1. The molecule has 0 aliphatic carbocycles. The lowest BCUT2D eigenvalue weighted by atomic mass is 10.0. The molecule has 1 amide bonds. The van der Waals surface area contributed by atoms with E-state index in [2.05, 4.69) is 6.07 Å². The third kappa shape index (κ3) is 2.86. The molecule has 0 saturated carbocycles. The summed E-state index contributed by atoms with van der Waals surface area (Å²) in [6, 6.07) is 13.8. The van der Waals surface area contributed by atoms with E-state index in [0.29, 0.717) is 18.4 Å². The Bertz CT molecular complexity index is 1000. The van der Waals surface area contributed by atoms with Crippen LogP contribution in [0, 0.1) is 0 Å². The number of hydrogen-bond acceptors (Lipinski definition) is 3. The lowest BCUT2D eigenvalue weighted by Crippen LogP contribution is -2.35. The van der Waals surface area contributed by atoms with Crippen molar-refractivity contribution in [2.75, 3.05) is 11.4 Å². The highest BCUT2D eigenvalue weighted by Crippen LogP contribution is 2.27. The molecule has 2 aromatic carbocycles. The second kappa shape index (κ2) is 6.24. The highest BCUT2D eigenvalue weighted by Gasteiger charge is 2.21. The van der Waals surface area contributed by atoms with Crippen LogP contribution in [0.25, 0.3) is 11.1 Å². The third-order valence-electron chi connectivity index (χ3n) is 4.89. The fraction of sp³-hybridized carbons (Fsp3) is 0.300. The minimum Gasteiger partial charge on any atom is -0.408 e. The van der Waals surface area contributed by atoms with Crippen LogP contribution in [0.1, 0.15) is 24.0 Å². The van der Waals surface area contributed by atoms with E-state index in [-0.39, 0.29) is 11.7 Å². The van der Waals surface area contributed by atoms with Crippen molar-refractivity contribution >= 4 is 22.7 Å². The Balaban J connectivity index is 1.51. The maximum absolute atomic E-state index is 12.7. The first-order valence-corrected chi connectivity index (χ1v) is 8.60. The van der Waals surface area contributed by atoms with Crippen LogP contribution in [0.3, 0.4) is 0 Å². The molecule has 4 rings (SSSR count). The molecule has 1 aromatic heterocycles. The van der Waals surface area contributed by atoms with E-state index in [0.717, 1.165) is 36.2 Å². The molecular formula is C20H20N2O3. The molecule has 1 aliphatic heterocycles. The van der Waals surface area contributed by atoms with Crippen LogP contribution in [-0.4, -0.2) is 17.0 Å². The summed E-state index contributed by atoms with van der Waals surface area (Å²) < 4.78 is 6.63. The predicted molar refractivity (Wildman–Crippen MR) is 96.9 cm³/mol. The van der Waals surface area contributed by atoms with Gasteiger partial charge >= 0.3 is 5.76 Å². The number of carbonyl (C=O) groups is 1. The number of fused-ring (bicyclic) bond motifs is 2. The Morgan fingerprint density at radius 1 is 1.20 bits per heavy atom. The van der Waals surface area contributed by atoms with Gasteiger partial charge in [-0.3, -0.25) is 9.36 Å². The van der Waals surface area contributed by atoms with Crippen molar-refractivity contribution in [1.82, 2.24) is 4.57 Å². The van der Waals surface area contributed by atoms with E-state index >= 15 is 0 Å². The van der Waals surface area contributed by atoms with Crippen LogP contribution < -0.4 is 10.7 Å². The average Bonchev–Trinajstić information content (AvgIpc) is 2.93. The van der Waals surface area contributed by atoms with Gasteiger partial charge in [-0.15, -0.1) is 0 Å². The van der Waals surface area contributed by atoms with Gasteiger partial charge in [0, 0.05) is 25.7 Å². The molecule has 0 saturated heterocycles. The van der Waals surface area contributed by atoms with E-state index in [4.69, 9.17) is 4.42 Å². The van der Waals surface area contributed by atoms with Crippen LogP contribution >= 0.6 is 0 Å². The van der Waals surface area contributed by atoms with Gasteiger partial charge < -0.3 is 9.32 Å². The van der Waals surface area contributed by atoms with E-state index in [1.807, 2.05) is 35.2 Å². The molecule has 128 valence electrons. The van der Waals surface area contributed by atoms with Crippen molar-refractivity contribution in [2.45, 2.75) is 25.7 Å². The van der Waals surface area contributed by atoms with E-state index in [1.165, 1.54) is 10.1 Å². The second-order valence-corrected chi connectivity index (χ2v) is 6.51. The van der Waals surface area contributed by atoms with Gasteiger partial charge in [0.1, 0.15) is 0 Å². The van der Waals surface area contributed by atoms with Gasteiger partial charge in [-0.05, 0) is 48.6 Å². The van der Waals surface area contributed by atoms with Gasteiger partial charge in [0.15, 0.2) is 5.58 Å². The standard InChI is InChI=1S/C20H20N2O3/c1-21-17-13-14(8-10-18(17)25-20(21)24)9-11-19(23)22-12-4-6-15-5-2-3-7-16(15)22/h2-3,5,7-8,10,13H,4,6,9,11-12H2,1H3. The summed E-state index contributed by atoms with van der Waals surface area (Å²) in [5.41, 5.74) is 4.66. The molecule has 0 unspecified atom stereocenters. The maximum atomic E-state index is 12.7. The van der Waals surface area contributed by atoms with Crippen LogP contribution in [-0.2, 0) is 24.7 Å². The van der Waals surface area contributed by atoms with Crippen molar-refractivity contribution in [3.8, 4) is 0 Å². The predicted octanol–water partition coefficient (Wildman–Crippen LogP) is 3.04. The molecule has 0 atom stereocenters. The Labute approximate surface area is 145 Å². The van der Waals surface area contributed by atoms with Gasteiger partial charge in [-0.25, -0.2) is 4.79 Å². The Hall–Kier alpha value is -2.82. The number of aryl methyl sites for hydroxylation is 3. The SMILES string of the molecule is Cn1c(=O)oc2ccc(CCC(=O)N3CCCc4ccccc43)cc21. The summed E-state index contributed by atoms with van der Waals surface area (Å²) in [6.07, 6.45) is 3.13. The van der Waals surface area contributed by atoms with Crippen molar-refractivity contribution in [2.24, 2.45) is 7.05 Å². The van der Waals surface area contributed by atoms with Gasteiger partial charge in [0.25, 0.3) is 0 Å². The third-order valence-corrected chi connectivity index (χ3v) is 4.89. The van der Waals surface area contributed by atoms with Crippen LogP contribution in [0.4, 0.5) is 5.69 Å². The minimum absolute atomic E-state index is 0.147. The summed E-state index contributed by atoms with van der Waals surface area (Å²) in [5.74, 6) is -0.221. The molecule has 0 N–H and O–H groups in total. The zero-order valence-electron chi connectivity index (χ0n) is 14.2. The van der Waals surface area contributed by atoms with E-state index in [9.17, 15) is 9.59 Å². The fourth-order valence-corrected chi connectivity index (χ4v) is 3.51. The monoisotopic (exact) mass is 336 g/mol. The molecule has 5 nitrogen and oxygen atoms in total. The number of anilines is 1. The molecule has 0 spiro atoms. The molecule has 5 heteroatoms. The first kappa shape index (κ1) is 15.7. The normalized spacial score (nSPS) is 13.9. The number of nitrogens with zero attached hydrogens (tertiary/aromatic N) is 2. The Morgan fingerprint density at radius 2 is 2.04 bits per heavy atom. The molecule has 3 aromatic rings. The van der Waals surface area contributed by atoms with Crippen LogP contribution in [0.15, 0.2) is 51.7 Å². The second-order valence-electron chi connectivity index (χ2n) is 6.51. The summed E-state index contributed by atoms with van der Waals surface area (Å²) in [4.78, 5) is 26.2. The zero-order chi connectivity index (χ0) is 17.4. The summed E-state index contributed by atoms with van der Waals surface area (Å²) in [6.45, 7) is 0.783. The van der Waals surface area contributed by atoms with Crippen LogP contribution in [0.2, 0.25) is 0 Å². The smallest absolute Gasteiger partial charge is 0.408 e. The molecule has 2 heterocycles. The molecule has 1 aliphatic rings. The number of carbonyl (C=O) groups excluding carboxylic acids is 1. The summed E-state index contributed by atoms with van der Waals surface area (Å²) >= 11 is 0. The molecular weight excluding hydrogens is 316 g/mol. The number of rotatable bonds is 3. The first-order valence-electron chi connectivity index (χ1n) is 8.60. The lowest BCUT2D eigenvalue weighted by molar-refractivity contribution is -0.118. The van der Waals surface area contributed by atoms with Gasteiger partial charge in [0.05, 0.1) is 5.52 Å². The number of para-hydroxylation sites is 1. The molecule has 25 heavy (non-hydrogen) atoms. The van der Waals surface area contributed by atoms with Crippen molar-refractivity contribution in [3.05, 3.63) is 64.1 Å². The van der Waals surface area contributed by atoms with Crippen molar-refractivity contribution in [3.63, 3.8) is 0 Å². The summed E-state index contributed by atoms with van der Waals surface area (Å²) in [7, 11) is 1.69. The van der Waals surface area contributed by atoms with Gasteiger partial charge in [-0.2, -0.15) is 0 Å². The average molecular weight is 336 g/mol. The number of benzene rings is 2. The van der Waals surface area contributed by atoms with E-state index < -0.39 is 0 Å². The molecule has 0 bridgehead atoms. The fourth-order valence-electron chi connectivity index (χ4n) is 3.51. The summed E-state index contributed by atoms with van der Waals surface area (Å²) in [5, 5.41) is 0. The molecule has 0 radical (unpaired) electrons. The zero-order valence-corrected chi connectivity index (χ0v) is 14.2. The molecule has 0 fully saturated rings. The van der Waals surface area contributed by atoms with Gasteiger partial charge in [0.2, 0.25) is 5.91 Å². The minimum atomic E-state index is -0.367. The maximum Gasteiger partial charge on any atom is 0.419 e. The quantitative estimate of drug-likeness (QED) is 0.739. The number of hydrogen-bond donors (Lipinski definition) is 0. The van der Waals surface area contributed by atoms with Crippen molar-refractivity contribution in [1.29, 1.82) is 0 Å². The van der Waals surface area contributed by atoms with E-state index in [1.54, 1.807) is 13.1 Å². The topological polar surface area (TPSA) is 55.5 Å². The highest BCUT2D eigenvalue weighted by atomic mass is 16.4. The number of amides is 1. The number of oxazole rings is 1. The lowest BCUT2D eigenvalue weighted by Gasteiger charge is -2.29.